The van der Waals surface area contributed by atoms with E-state index in [4.69, 9.17) is 5.73 Å². The Bertz CT molecular complexity index is 209. The van der Waals surface area contributed by atoms with Crippen molar-refractivity contribution in [3.05, 3.63) is 12.2 Å². The molecular formula is C9H15NO2. The lowest BCUT2D eigenvalue weighted by atomic mass is 9.94. The van der Waals surface area contributed by atoms with Crippen molar-refractivity contribution >= 4 is 11.7 Å². The van der Waals surface area contributed by atoms with E-state index in [1.807, 2.05) is 6.92 Å². The van der Waals surface area contributed by atoms with Crippen molar-refractivity contribution in [3.8, 4) is 0 Å². The number of allylic oxidation sites excluding steroid dienone is 1. The molecule has 0 spiro atoms. The van der Waals surface area contributed by atoms with Crippen molar-refractivity contribution in [2.75, 3.05) is 0 Å². The Kier molecular flexibility index (Phi) is 4.26. The van der Waals surface area contributed by atoms with Crippen LogP contribution in [-0.4, -0.2) is 11.7 Å². The van der Waals surface area contributed by atoms with E-state index in [0.29, 0.717) is 12.0 Å². The SMILES string of the molecule is C=C(C)C(=O)C(CCC)C(N)=O. The smallest absolute Gasteiger partial charge is 0.228 e. The van der Waals surface area contributed by atoms with E-state index in [9.17, 15) is 9.59 Å². The zero-order valence-electron chi connectivity index (χ0n) is 7.59. The van der Waals surface area contributed by atoms with Gasteiger partial charge in [0.2, 0.25) is 5.91 Å². The van der Waals surface area contributed by atoms with Gasteiger partial charge in [0.05, 0.1) is 0 Å². The first-order valence-corrected chi connectivity index (χ1v) is 3.99. The number of Topliss-reactive ketones (excluding diaryl/α,β-unsaturated/α-hetero) is 1. The number of hydrogen-bond donors (Lipinski definition) is 1. The molecule has 0 saturated carbocycles. The minimum Gasteiger partial charge on any atom is -0.369 e. The highest BCUT2D eigenvalue weighted by Gasteiger charge is 2.22. The Morgan fingerprint density at radius 2 is 2.00 bits per heavy atom. The normalized spacial score (nSPS) is 12.2. The maximum atomic E-state index is 11.3. The van der Waals surface area contributed by atoms with E-state index >= 15 is 0 Å². The molecule has 0 radical (unpaired) electrons. The fourth-order valence-corrected chi connectivity index (χ4v) is 0.989. The lowest BCUT2D eigenvalue weighted by molar-refractivity contribution is -0.130. The van der Waals surface area contributed by atoms with Gasteiger partial charge in [0.1, 0.15) is 5.92 Å². The Morgan fingerprint density at radius 1 is 1.50 bits per heavy atom. The van der Waals surface area contributed by atoms with E-state index in [1.165, 1.54) is 0 Å². The molecule has 0 aliphatic rings. The average molecular weight is 169 g/mol. The predicted molar refractivity (Wildman–Crippen MR) is 47.4 cm³/mol. The van der Waals surface area contributed by atoms with Crippen LogP contribution in [0.1, 0.15) is 26.7 Å². The lowest BCUT2D eigenvalue weighted by Gasteiger charge is -2.09. The van der Waals surface area contributed by atoms with E-state index < -0.39 is 11.8 Å². The summed E-state index contributed by atoms with van der Waals surface area (Å²) in [6.45, 7) is 6.98. The minimum atomic E-state index is -0.674. The zero-order chi connectivity index (χ0) is 9.72. The van der Waals surface area contributed by atoms with Crippen LogP contribution >= 0.6 is 0 Å². The summed E-state index contributed by atoms with van der Waals surface area (Å²) in [5.74, 6) is -1.46. The number of amides is 1. The molecule has 68 valence electrons. The third-order valence-corrected chi connectivity index (χ3v) is 1.66. The quantitative estimate of drug-likeness (QED) is 0.493. The standard InChI is InChI=1S/C9H15NO2/c1-4-5-7(9(10)12)8(11)6(2)3/h7H,2,4-5H2,1,3H3,(H2,10,12). The van der Waals surface area contributed by atoms with Crippen LogP contribution in [0, 0.1) is 5.92 Å². The van der Waals surface area contributed by atoms with Crippen LogP contribution in [0.15, 0.2) is 12.2 Å². The zero-order valence-corrected chi connectivity index (χ0v) is 7.59. The minimum absolute atomic E-state index is 0.232. The molecule has 3 nitrogen and oxygen atoms in total. The van der Waals surface area contributed by atoms with Gasteiger partial charge in [0, 0.05) is 0 Å². The van der Waals surface area contributed by atoms with Gasteiger partial charge < -0.3 is 5.73 Å². The summed E-state index contributed by atoms with van der Waals surface area (Å²) in [4.78, 5) is 22.1. The number of rotatable bonds is 5. The van der Waals surface area contributed by atoms with Gasteiger partial charge in [0.15, 0.2) is 5.78 Å². The Labute approximate surface area is 72.6 Å². The monoisotopic (exact) mass is 169 g/mol. The van der Waals surface area contributed by atoms with Crippen LogP contribution in [-0.2, 0) is 9.59 Å². The second-order valence-corrected chi connectivity index (χ2v) is 2.89. The molecule has 12 heavy (non-hydrogen) atoms. The second kappa shape index (κ2) is 4.70. The third kappa shape index (κ3) is 2.86. The van der Waals surface area contributed by atoms with Crippen molar-refractivity contribution in [3.63, 3.8) is 0 Å². The highest BCUT2D eigenvalue weighted by atomic mass is 16.2. The van der Waals surface area contributed by atoms with E-state index in [0.717, 1.165) is 6.42 Å². The predicted octanol–water partition coefficient (Wildman–Crippen LogP) is 1.03. The van der Waals surface area contributed by atoms with Gasteiger partial charge in [0.25, 0.3) is 0 Å². The van der Waals surface area contributed by atoms with E-state index in [2.05, 4.69) is 6.58 Å². The van der Waals surface area contributed by atoms with Gasteiger partial charge >= 0.3 is 0 Å². The molecule has 0 rings (SSSR count). The Hall–Kier alpha value is -1.12. The van der Waals surface area contributed by atoms with Crippen molar-refractivity contribution in [1.29, 1.82) is 0 Å². The van der Waals surface area contributed by atoms with Crippen LogP contribution in [0.5, 0.6) is 0 Å². The van der Waals surface area contributed by atoms with Gasteiger partial charge in [-0.3, -0.25) is 9.59 Å². The van der Waals surface area contributed by atoms with E-state index in [1.54, 1.807) is 6.92 Å². The largest absolute Gasteiger partial charge is 0.369 e. The van der Waals surface area contributed by atoms with Crippen LogP contribution in [0.4, 0.5) is 0 Å². The fraction of sp³-hybridized carbons (Fsp3) is 0.556. The molecule has 0 fully saturated rings. The summed E-state index contributed by atoms with van der Waals surface area (Å²) < 4.78 is 0. The highest BCUT2D eigenvalue weighted by Crippen LogP contribution is 2.11. The van der Waals surface area contributed by atoms with Gasteiger partial charge in [-0.2, -0.15) is 0 Å². The molecule has 0 aromatic heterocycles. The molecule has 0 saturated heterocycles. The maximum absolute atomic E-state index is 11.3. The van der Waals surface area contributed by atoms with Crippen LogP contribution < -0.4 is 5.73 Å². The van der Waals surface area contributed by atoms with Crippen molar-refractivity contribution in [2.45, 2.75) is 26.7 Å². The molecular weight excluding hydrogens is 154 g/mol. The average Bonchev–Trinajstić information content (AvgIpc) is 1.98. The number of ketones is 1. The topological polar surface area (TPSA) is 60.2 Å². The summed E-state index contributed by atoms with van der Waals surface area (Å²) in [6, 6.07) is 0. The Morgan fingerprint density at radius 3 is 2.25 bits per heavy atom. The molecule has 3 heteroatoms. The first-order valence-electron chi connectivity index (χ1n) is 3.99. The van der Waals surface area contributed by atoms with Gasteiger partial charge in [-0.15, -0.1) is 0 Å². The van der Waals surface area contributed by atoms with Gasteiger partial charge in [-0.25, -0.2) is 0 Å². The molecule has 0 aromatic carbocycles. The van der Waals surface area contributed by atoms with Crippen LogP contribution in [0.25, 0.3) is 0 Å². The van der Waals surface area contributed by atoms with Gasteiger partial charge in [-0.1, -0.05) is 19.9 Å². The third-order valence-electron chi connectivity index (χ3n) is 1.66. The molecule has 0 aromatic rings. The van der Waals surface area contributed by atoms with E-state index in [-0.39, 0.29) is 5.78 Å². The summed E-state index contributed by atoms with van der Waals surface area (Å²) in [5.41, 5.74) is 5.46. The summed E-state index contributed by atoms with van der Waals surface area (Å²) in [6.07, 6.45) is 1.29. The summed E-state index contributed by atoms with van der Waals surface area (Å²) in [5, 5.41) is 0. The number of carbonyl (C=O) groups is 2. The maximum Gasteiger partial charge on any atom is 0.228 e. The second-order valence-electron chi connectivity index (χ2n) is 2.89. The number of nitrogens with two attached hydrogens (primary N) is 1. The van der Waals surface area contributed by atoms with Crippen LogP contribution in [0.2, 0.25) is 0 Å². The molecule has 0 aliphatic heterocycles. The molecule has 1 unspecified atom stereocenters. The molecule has 0 aliphatic carbocycles. The first kappa shape index (κ1) is 10.9. The molecule has 1 amide bonds. The van der Waals surface area contributed by atoms with Crippen molar-refractivity contribution in [2.24, 2.45) is 11.7 Å². The number of hydrogen-bond acceptors (Lipinski definition) is 2. The molecule has 0 heterocycles. The summed E-state index contributed by atoms with van der Waals surface area (Å²) in [7, 11) is 0. The van der Waals surface area contributed by atoms with Crippen LogP contribution in [0.3, 0.4) is 0 Å². The first-order chi connectivity index (χ1) is 5.50. The van der Waals surface area contributed by atoms with Crippen molar-refractivity contribution < 1.29 is 9.59 Å². The summed E-state index contributed by atoms with van der Waals surface area (Å²) >= 11 is 0. The van der Waals surface area contributed by atoms with Crippen molar-refractivity contribution in [1.82, 2.24) is 0 Å². The molecule has 2 N–H and O–H groups in total. The number of carbonyl (C=O) groups excluding carboxylic acids is 2. The van der Waals surface area contributed by atoms with Gasteiger partial charge in [-0.05, 0) is 18.9 Å². The lowest BCUT2D eigenvalue weighted by Crippen LogP contribution is -2.30. The highest BCUT2D eigenvalue weighted by molar-refractivity contribution is 6.08. The Balaban J connectivity index is 4.40. The fourth-order valence-electron chi connectivity index (χ4n) is 0.989. The number of primary amides is 1. The molecule has 1 atom stereocenters. The molecule has 0 bridgehead atoms.